The van der Waals surface area contributed by atoms with Crippen LogP contribution in [-0.2, 0) is 4.79 Å². The molecule has 10 heavy (non-hydrogen) atoms. The Bertz CT molecular complexity index is 203. The van der Waals surface area contributed by atoms with Crippen molar-refractivity contribution in [2.75, 3.05) is 0 Å². The maximum Gasteiger partial charge on any atom is 0.157 e. The third-order valence-electron chi connectivity index (χ3n) is 1.62. The van der Waals surface area contributed by atoms with Crippen LogP contribution >= 0.6 is 0 Å². The highest BCUT2D eigenvalue weighted by Crippen LogP contribution is 2.14. The minimum Gasteiger partial charge on any atom is -0.368 e. The molecular formula is C8H11NO. The van der Waals surface area contributed by atoms with Crippen molar-refractivity contribution in [2.24, 2.45) is 5.92 Å². The highest BCUT2D eigenvalue weighted by Gasteiger charge is 2.11. The first-order valence-electron chi connectivity index (χ1n) is 3.35. The lowest BCUT2D eigenvalue weighted by Crippen LogP contribution is -2.13. The van der Waals surface area contributed by atoms with Gasteiger partial charge in [-0.25, -0.2) is 0 Å². The second kappa shape index (κ2) is 2.69. The standard InChI is InChI=1S/C8H11NO/c1-6-3-4-9-5-8(6)7(2)10/h3-6,9H,1-2H3. The number of hydrogen-bond donors (Lipinski definition) is 1. The van der Waals surface area contributed by atoms with Crippen LogP contribution in [0.25, 0.3) is 0 Å². The molecule has 0 saturated carbocycles. The van der Waals surface area contributed by atoms with E-state index in [1.54, 1.807) is 13.1 Å². The van der Waals surface area contributed by atoms with Gasteiger partial charge >= 0.3 is 0 Å². The number of carbonyl (C=O) groups excluding carboxylic acids is 1. The molecule has 1 heterocycles. The van der Waals surface area contributed by atoms with Gasteiger partial charge in [-0.3, -0.25) is 4.79 Å². The number of nitrogens with one attached hydrogen (secondary N) is 1. The number of dihydropyridines is 1. The summed E-state index contributed by atoms with van der Waals surface area (Å²) in [4.78, 5) is 10.9. The molecule has 0 aromatic heterocycles. The van der Waals surface area contributed by atoms with E-state index >= 15 is 0 Å². The van der Waals surface area contributed by atoms with Crippen molar-refractivity contribution in [2.45, 2.75) is 13.8 Å². The van der Waals surface area contributed by atoms with Gasteiger partial charge < -0.3 is 5.32 Å². The SMILES string of the molecule is CC(=O)C1=CNC=CC1C. The average Bonchev–Trinajstić information content (AvgIpc) is 1.88. The van der Waals surface area contributed by atoms with Crippen molar-refractivity contribution >= 4 is 5.78 Å². The molecule has 1 rings (SSSR count). The zero-order valence-electron chi connectivity index (χ0n) is 6.22. The number of hydrogen-bond acceptors (Lipinski definition) is 2. The molecular weight excluding hydrogens is 126 g/mol. The molecule has 0 fully saturated rings. The lowest BCUT2D eigenvalue weighted by atomic mass is 9.97. The van der Waals surface area contributed by atoms with E-state index in [0.29, 0.717) is 0 Å². The topological polar surface area (TPSA) is 29.1 Å². The molecule has 2 nitrogen and oxygen atoms in total. The molecule has 2 heteroatoms. The number of Topliss-reactive ketones (excluding diaryl/α,β-unsaturated/α-hetero) is 1. The van der Waals surface area contributed by atoms with Gasteiger partial charge in [0.1, 0.15) is 0 Å². The van der Waals surface area contributed by atoms with Crippen molar-refractivity contribution in [1.82, 2.24) is 5.32 Å². The molecule has 1 atom stereocenters. The third-order valence-corrected chi connectivity index (χ3v) is 1.62. The Morgan fingerprint density at radius 1 is 1.70 bits per heavy atom. The fraction of sp³-hybridized carbons (Fsp3) is 0.375. The highest BCUT2D eigenvalue weighted by molar-refractivity contribution is 5.94. The Labute approximate surface area is 60.6 Å². The van der Waals surface area contributed by atoms with Crippen LogP contribution in [0.1, 0.15) is 13.8 Å². The maximum atomic E-state index is 10.9. The monoisotopic (exact) mass is 137 g/mol. The van der Waals surface area contributed by atoms with Gasteiger partial charge in [0, 0.05) is 17.7 Å². The maximum absolute atomic E-state index is 10.9. The van der Waals surface area contributed by atoms with Crippen LogP contribution < -0.4 is 5.32 Å². The summed E-state index contributed by atoms with van der Waals surface area (Å²) in [6.07, 6.45) is 5.57. The largest absolute Gasteiger partial charge is 0.368 e. The summed E-state index contributed by atoms with van der Waals surface area (Å²) in [6.45, 7) is 3.59. The Morgan fingerprint density at radius 3 is 2.80 bits per heavy atom. The summed E-state index contributed by atoms with van der Waals surface area (Å²) >= 11 is 0. The van der Waals surface area contributed by atoms with Crippen molar-refractivity contribution < 1.29 is 4.79 Å². The molecule has 0 aromatic rings. The van der Waals surface area contributed by atoms with Crippen LogP contribution in [0, 0.1) is 5.92 Å². The van der Waals surface area contributed by atoms with Crippen LogP contribution in [0.15, 0.2) is 24.0 Å². The highest BCUT2D eigenvalue weighted by atomic mass is 16.1. The second-order valence-corrected chi connectivity index (χ2v) is 2.47. The van der Waals surface area contributed by atoms with Gasteiger partial charge in [-0.2, -0.15) is 0 Å². The molecule has 0 radical (unpaired) electrons. The van der Waals surface area contributed by atoms with Crippen molar-refractivity contribution in [3.05, 3.63) is 24.0 Å². The lowest BCUT2D eigenvalue weighted by Gasteiger charge is -2.12. The van der Waals surface area contributed by atoms with E-state index in [1.165, 1.54) is 0 Å². The average molecular weight is 137 g/mol. The quantitative estimate of drug-likeness (QED) is 0.588. The first kappa shape index (κ1) is 7.06. The Kier molecular flexibility index (Phi) is 1.90. The molecule has 0 amide bonds. The third kappa shape index (κ3) is 1.26. The summed E-state index contributed by atoms with van der Waals surface area (Å²) in [5.74, 6) is 0.406. The molecule has 1 N–H and O–H groups in total. The van der Waals surface area contributed by atoms with Crippen LogP contribution in [0.3, 0.4) is 0 Å². The van der Waals surface area contributed by atoms with Gasteiger partial charge in [0.05, 0.1) is 0 Å². The van der Waals surface area contributed by atoms with E-state index < -0.39 is 0 Å². The predicted octanol–water partition coefficient (Wildman–Crippen LogP) is 1.21. The predicted molar refractivity (Wildman–Crippen MR) is 40.2 cm³/mol. The molecule has 1 unspecified atom stereocenters. The smallest absolute Gasteiger partial charge is 0.157 e. The number of ketones is 1. The fourth-order valence-corrected chi connectivity index (χ4v) is 0.995. The Hall–Kier alpha value is -1.05. The molecule has 0 spiro atoms. The first-order chi connectivity index (χ1) is 4.72. The van der Waals surface area contributed by atoms with Gasteiger partial charge in [0.2, 0.25) is 0 Å². The Morgan fingerprint density at radius 2 is 2.40 bits per heavy atom. The summed E-state index contributed by atoms with van der Waals surface area (Å²) in [5, 5.41) is 2.88. The van der Waals surface area contributed by atoms with Gasteiger partial charge in [-0.05, 0) is 13.1 Å². The van der Waals surface area contributed by atoms with E-state index in [1.807, 2.05) is 19.2 Å². The molecule has 0 aromatic carbocycles. The van der Waals surface area contributed by atoms with Crippen molar-refractivity contribution in [1.29, 1.82) is 0 Å². The summed E-state index contributed by atoms with van der Waals surface area (Å²) in [7, 11) is 0. The van der Waals surface area contributed by atoms with Gasteiger partial charge in [0.15, 0.2) is 5.78 Å². The van der Waals surface area contributed by atoms with Crippen LogP contribution in [0.4, 0.5) is 0 Å². The lowest BCUT2D eigenvalue weighted by molar-refractivity contribution is -0.114. The zero-order valence-corrected chi connectivity index (χ0v) is 6.22. The molecule has 1 aliphatic rings. The van der Waals surface area contributed by atoms with E-state index in [0.717, 1.165) is 5.57 Å². The van der Waals surface area contributed by atoms with Crippen LogP contribution in [-0.4, -0.2) is 5.78 Å². The Balaban J connectivity index is 2.76. The number of rotatable bonds is 1. The minimum absolute atomic E-state index is 0.143. The van der Waals surface area contributed by atoms with Crippen LogP contribution in [0.5, 0.6) is 0 Å². The van der Waals surface area contributed by atoms with Gasteiger partial charge in [-0.1, -0.05) is 13.0 Å². The second-order valence-electron chi connectivity index (χ2n) is 2.47. The molecule has 0 saturated heterocycles. The van der Waals surface area contributed by atoms with E-state index in [4.69, 9.17) is 0 Å². The fourth-order valence-electron chi connectivity index (χ4n) is 0.995. The molecule has 1 aliphatic heterocycles. The zero-order chi connectivity index (χ0) is 7.56. The van der Waals surface area contributed by atoms with Gasteiger partial charge in [0.25, 0.3) is 0 Å². The summed E-state index contributed by atoms with van der Waals surface area (Å²) < 4.78 is 0. The number of allylic oxidation sites excluding steroid dienone is 2. The summed E-state index contributed by atoms with van der Waals surface area (Å²) in [6, 6.07) is 0. The normalized spacial score (nSPS) is 23.4. The van der Waals surface area contributed by atoms with Gasteiger partial charge in [-0.15, -0.1) is 0 Å². The molecule has 54 valence electrons. The summed E-state index contributed by atoms with van der Waals surface area (Å²) in [5.41, 5.74) is 0.850. The minimum atomic E-state index is 0.143. The molecule has 0 aliphatic carbocycles. The van der Waals surface area contributed by atoms with E-state index in [-0.39, 0.29) is 11.7 Å². The van der Waals surface area contributed by atoms with Crippen molar-refractivity contribution in [3.8, 4) is 0 Å². The van der Waals surface area contributed by atoms with Crippen LogP contribution in [0.2, 0.25) is 0 Å². The van der Waals surface area contributed by atoms with E-state index in [9.17, 15) is 4.79 Å². The number of carbonyl (C=O) groups is 1. The van der Waals surface area contributed by atoms with Crippen molar-refractivity contribution in [3.63, 3.8) is 0 Å². The first-order valence-corrected chi connectivity index (χ1v) is 3.35. The van der Waals surface area contributed by atoms with E-state index in [2.05, 4.69) is 5.32 Å². The molecule has 0 bridgehead atoms.